The molecule has 144 valence electrons. The second kappa shape index (κ2) is 7.63. The molecule has 3 nitrogen and oxygen atoms in total. The summed E-state index contributed by atoms with van der Waals surface area (Å²) in [6, 6.07) is 27.1. The van der Waals surface area contributed by atoms with Gasteiger partial charge in [-0.15, -0.1) is 16.8 Å². The number of aromatic nitrogens is 3. The maximum absolute atomic E-state index is 4.80. The molecular formula is C25H25BN3-. The van der Waals surface area contributed by atoms with Crippen LogP contribution in [0.15, 0.2) is 97.5 Å². The summed E-state index contributed by atoms with van der Waals surface area (Å²) in [4.78, 5) is 14.4. The predicted octanol–water partition coefficient (Wildman–Crippen LogP) is 2.55. The Morgan fingerprint density at radius 1 is 0.552 bits per heavy atom. The van der Waals surface area contributed by atoms with Crippen molar-refractivity contribution in [2.75, 3.05) is 0 Å². The van der Waals surface area contributed by atoms with Gasteiger partial charge in [-0.1, -0.05) is 81.4 Å². The number of pyridine rings is 3. The van der Waals surface area contributed by atoms with Crippen molar-refractivity contribution >= 4 is 28.4 Å². The minimum Gasteiger partial charge on any atom is -0.302 e. The third kappa shape index (κ3) is 3.47. The molecule has 0 N–H and O–H groups in total. The smallest absolute Gasteiger partial charge is 0.168 e. The first-order valence-corrected chi connectivity index (χ1v) is 10.0. The van der Waals surface area contributed by atoms with Gasteiger partial charge >= 0.3 is 0 Å². The number of rotatable bonds is 4. The van der Waals surface area contributed by atoms with Gasteiger partial charge < -0.3 is 15.0 Å². The third-order valence-corrected chi connectivity index (χ3v) is 5.67. The summed E-state index contributed by atoms with van der Waals surface area (Å²) in [7, 11) is 0. The monoisotopic (exact) mass is 378 g/mol. The van der Waals surface area contributed by atoms with Crippen molar-refractivity contribution in [2.24, 2.45) is 0 Å². The van der Waals surface area contributed by atoms with Gasteiger partial charge in [-0.2, -0.15) is 5.46 Å². The number of nitrogens with zero attached hydrogens (tertiary/aromatic N) is 3. The van der Waals surface area contributed by atoms with Crippen LogP contribution in [0.4, 0.5) is 0 Å². The van der Waals surface area contributed by atoms with Crippen molar-refractivity contribution in [3.63, 3.8) is 0 Å². The normalized spacial score (nSPS) is 12.0. The highest BCUT2D eigenvalue weighted by Gasteiger charge is 2.35. The molecule has 0 atom stereocenters. The molecule has 0 aliphatic heterocycles. The van der Waals surface area contributed by atoms with Crippen molar-refractivity contribution in [1.29, 1.82) is 0 Å². The van der Waals surface area contributed by atoms with Crippen molar-refractivity contribution in [3.8, 4) is 0 Å². The van der Waals surface area contributed by atoms with Gasteiger partial charge in [0.1, 0.15) is 0 Å². The molecule has 29 heavy (non-hydrogen) atoms. The molecular weight excluding hydrogens is 353 g/mol. The molecule has 0 aliphatic carbocycles. The fourth-order valence-electron chi connectivity index (χ4n) is 4.13. The van der Waals surface area contributed by atoms with Crippen molar-refractivity contribution in [3.05, 3.63) is 103 Å². The van der Waals surface area contributed by atoms with Crippen molar-refractivity contribution in [1.82, 2.24) is 15.0 Å². The van der Waals surface area contributed by atoms with Gasteiger partial charge in [0.2, 0.25) is 0 Å². The highest BCUT2D eigenvalue weighted by molar-refractivity contribution is 7.18. The Hall–Kier alpha value is -3.27. The lowest BCUT2D eigenvalue weighted by Crippen LogP contribution is -2.76. The second-order valence-corrected chi connectivity index (χ2v) is 8.50. The quantitative estimate of drug-likeness (QED) is 0.513. The summed E-state index contributed by atoms with van der Waals surface area (Å²) in [6.07, 6.45) is 3.94. The zero-order valence-corrected chi connectivity index (χ0v) is 17.2. The van der Waals surface area contributed by atoms with Crippen LogP contribution in [0.1, 0.15) is 26.3 Å². The van der Waals surface area contributed by atoms with Gasteiger partial charge in [-0.05, 0) is 29.2 Å². The first kappa shape index (κ1) is 19.1. The Morgan fingerprint density at radius 2 is 0.966 bits per heavy atom. The molecule has 0 unspecified atom stereocenters. The SMILES string of the molecule is CC(C)(C)c1ccc([B-](c2ccccn2)(c2ccccn2)c2ccccn2)cc1. The molecule has 3 aromatic heterocycles. The van der Waals surface area contributed by atoms with E-state index in [1.54, 1.807) is 0 Å². The zero-order valence-electron chi connectivity index (χ0n) is 17.2. The minimum absolute atomic E-state index is 0.0924. The summed E-state index contributed by atoms with van der Waals surface area (Å²) in [5.41, 5.74) is 5.45. The lowest BCUT2D eigenvalue weighted by Gasteiger charge is -2.40. The Kier molecular flexibility index (Phi) is 5.02. The van der Waals surface area contributed by atoms with E-state index in [2.05, 4.69) is 63.2 Å². The van der Waals surface area contributed by atoms with E-state index in [0.29, 0.717) is 0 Å². The van der Waals surface area contributed by atoms with E-state index in [0.717, 1.165) is 22.2 Å². The average molecular weight is 378 g/mol. The van der Waals surface area contributed by atoms with Gasteiger partial charge in [-0.25, -0.2) is 0 Å². The van der Waals surface area contributed by atoms with Gasteiger partial charge in [0.05, 0.1) is 0 Å². The van der Waals surface area contributed by atoms with Gasteiger partial charge in [0.25, 0.3) is 0 Å². The Morgan fingerprint density at radius 3 is 1.28 bits per heavy atom. The molecule has 4 heteroatoms. The van der Waals surface area contributed by atoms with Crippen molar-refractivity contribution < 1.29 is 0 Å². The van der Waals surface area contributed by atoms with E-state index in [4.69, 9.17) is 15.0 Å². The minimum atomic E-state index is -1.60. The fraction of sp³-hybridized carbons (Fsp3) is 0.160. The summed E-state index contributed by atoms with van der Waals surface area (Å²) in [6.45, 7) is 6.70. The lowest BCUT2D eigenvalue weighted by molar-refractivity contribution is 0.590. The van der Waals surface area contributed by atoms with Gasteiger partial charge in [0, 0.05) is 18.6 Å². The second-order valence-electron chi connectivity index (χ2n) is 8.50. The van der Waals surface area contributed by atoms with Crippen LogP contribution >= 0.6 is 0 Å². The molecule has 0 bridgehead atoms. The number of benzene rings is 1. The molecule has 0 aliphatic rings. The molecule has 0 amide bonds. The van der Waals surface area contributed by atoms with E-state index < -0.39 is 6.15 Å². The number of hydrogen-bond acceptors (Lipinski definition) is 3. The Bertz CT molecular complexity index is 961. The third-order valence-electron chi connectivity index (χ3n) is 5.67. The molecule has 0 saturated carbocycles. The van der Waals surface area contributed by atoms with Crippen LogP contribution in [0, 0.1) is 0 Å². The topological polar surface area (TPSA) is 38.7 Å². The molecule has 3 heterocycles. The predicted molar refractivity (Wildman–Crippen MR) is 122 cm³/mol. The molecule has 0 radical (unpaired) electrons. The van der Waals surface area contributed by atoms with Crippen LogP contribution in [-0.2, 0) is 5.41 Å². The largest absolute Gasteiger partial charge is 0.302 e. The van der Waals surface area contributed by atoms with E-state index in [1.165, 1.54) is 5.56 Å². The Balaban J connectivity index is 2.06. The lowest BCUT2D eigenvalue weighted by atomic mass is 9.16. The first-order chi connectivity index (χ1) is 14.0. The van der Waals surface area contributed by atoms with Gasteiger partial charge in [0.15, 0.2) is 6.15 Å². The molecule has 4 aromatic rings. The summed E-state index contributed by atoms with van der Waals surface area (Å²) >= 11 is 0. The highest BCUT2D eigenvalue weighted by Crippen LogP contribution is 2.21. The van der Waals surface area contributed by atoms with Gasteiger partial charge in [-0.3, -0.25) is 0 Å². The van der Waals surface area contributed by atoms with Crippen LogP contribution in [0.5, 0.6) is 0 Å². The first-order valence-electron chi connectivity index (χ1n) is 10.0. The van der Waals surface area contributed by atoms with Crippen LogP contribution in [-0.4, -0.2) is 21.1 Å². The fourth-order valence-corrected chi connectivity index (χ4v) is 4.13. The molecule has 4 rings (SSSR count). The average Bonchev–Trinajstić information content (AvgIpc) is 2.76. The van der Waals surface area contributed by atoms with E-state index in [1.807, 2.05) is 55.0 Å². The van der Waals surface area contributed by atoms with Crippen LogP contribution < -0.4 is 22.2 Å². The molecule has 0 fully saturated rings. The van der Waals surface area contributed by atoms with Crippen molar-refractivity contribution in [2.45, 2.75) is 26.2 Å². The van der Waals surface area contributed by atoms with Crippen LogP contribution in [0.2, 0.25) is 0 Å². The highest BCUT2D eigenvalue weighted by atomic mass is 14.7. The maximum atomic E-state index is 4.80. The summed E-state index contributed by atoms with van der Waals surface area (Å²) < 4.78 is 0. The summed E-state index contributed by atoms with van der Waals surface area (Å²) in [5, 5.41) is 0. The molecule has 0 saturated heterocycles. The molecule has 0 spiro atoms. The Labute approximate surface area is 172 Å². The van der Waals surface area contributed by atoms with E-state index in [9.17, 15) is 0 Å². The van der Waals surface area contributed by atoms with Crippen LogP contribution in [0.3, 0.4) is 0 Å². The zero-order chi connectivity index (χ0) is 20.3. The molecule has 1 aromatic carbocycles. The van der Waals surface area contributed by atoms with E-state index in [-0.39, 0.29) is 5.41 Å². The number of hydrogen-bond donors (Lipinski definition) is 0. The van der Waals surface area contributed by atoms with E-state index >= 15 is 0 Å². The van der Waals surface area contributed by atoms with Crippen LogP contribution in [0.25, 0.3) is 0 Å². The standard InChI is InChI=1S/C25H25BN3/c1-25(2,3)20-13-15-21(16-14-20)26(22-10-4-7-17-27-22,23-11-5-8-18-28-23)24-12-6-9-19-29-24/h4-19H,1-3H3/q-1. The maximum Gasteiger partial charge on any atom is 0.168 e. The summed E-state index contributed by atoms with van der Waals surface area (Å²) in [5.74, 6) is 0.